The molecule has 31 nitrogen and oxygen atoms in total. The number of carbonyl (C=O) groups is 15. The first-order chi connectivity index (χ1) is 54.0. The second-order valence-electron chi connectivity index (χ2n) is 26.4. The van der Waals surface area contributed by atoms with Crippen LogP contribution in [0.5, 0.6) is 0 Å². The van der Waals surface area contributed by atoms with Crippen molar-refractivity contribution in [2.75, 3.05) is 55.4 Å². The number of carbonyl (C=O) groups excluding carboxylic acids is 15. The number of nitrogens with one attached hydrogen (secondary N) is 2. The van der Waals surface area contributed by atoms with E-state index in [1.807, 2.05) is 134 Å². The SMILES string of the molecule is C=O.C=O.C=O.C=O.C=O.C=O.C=O.C=O.C=O.C=O.CC.CC(C)C.CC(C)O.CCC(C)C.CCC(C)C.CCC(C)C.CCC(C)C.CCC1=CC=CCC1.CC[C@H](C)[C@H](NC(=O)[C@H](CC(C)C)N(C)C(=O)[C@H](CC(C)C)NC(=O)[C@H](C)N(C)C(C)=O)C(=O)N1CCCCC1.CCc1ccccc1.CN.CN.CN.CN.N.N.N.N.N.N. The quantitative estimate of drug-likeness (QED) is 0.0576. The fourth-order valence-electron chi connectivity index (χ4n) is 6.63. The number of likely N-dealkylation sites (N-methyl/N-ethyl adjacent to an activating group) is 2. The Morgan fingerprint density at radius 1 is 0.442 bits per heavy atom. The lowest BCUT2D eigenvalue weighted by Gasteiger charge is -2.36. The van der Waals surface area contributed by atoms with Gasteiger partial charge >= 0.3 is 0 Å². The zero-order valence-electron chi connectivity index (χ0n) is 84.5. The molecule has 5 atom stereocenters. The molecule has 1 aromatic rings. The van der Waals surface area contributed by atoms with E-state index in [9.17, 15) is 24.0 Å². The van der Waals surface area contributed by atoms with Crippen LogP contribution < -0.4 is 70.5 Å². The minimum Gasteiger partial charge on any atom is -0.394 e. The van der Waals surface area contributed by atoms with E-state index in [4.69, 9.17) is 53.1 Å². The van der Waals surface area contributed by atoms with Crippen molar-refractivity contribution in [3.05, 3.63) is 59.7 Å². The minimum atomic E-state index is -0.858. The second-order valence-corrected chi connectivity index (χ2v) is 26.4. The van der Waals surface area contributed by atoms with Crippen LogP contribution in [-0.4, -0.2) is 203 Å². The van der Waals surface area contributed by atoms with Crippen molar-refractivity contribution in [1.29, 1.82) is 0 Å². The van der Waals surface area contributed by atoms with Crippen molar-refractivity contribution >= 4 is 97.4 Å². The molecule has 31 heteroatoms. The summed E-state index contributed by atoms with van der Waals surface area (Å²) in [4.78, 5) is 150. The number of hydrogen-bond donors (Lipinski definition) is 13. The minimum absolute atomic E-state index is 0. The molecule has 0 unspecified atom stereocenters. The summed E-state index contributed by atoms with van der Waals surface area (Å²) >= 11 is 0. The molecule has 3 rings (SSSR count). The Balaban J connectivity index is -0.0000000357. The van der Waals surface area contributed by atoms with E-state index >= 15 is 0 Å². The van der Waals surface area contributed by atoms with Crippen molar-refractivity contribution < 1.29 is 77.0 Å². The van der Waals surface area contributed by atoms with E-state index in [-0.39, 0.29) is 84.4 Å². The van der Waals surface area contributed by atoms with E-state index in [0.717, 1.165) is 61.7 Å². The van der Waals surface area contributed by atoms with E-state index in [0.29, 0.717) is 25.9 Å². The average molecular weight is 1740 g/mol. The number of nitrogens with zero attached hydrogens (tertiary/aromatic N) is 3. The number of allylic oxidation sites excluding steroid dienone is 4. The van der Waals surface area contributed by atoms with Crippen LogP contribution in [0.3, 0.4) is 0 Å². The number of likely N-dealkylation sites (tertiary alicyclic amines) is 1. The number of aliphatic hydroxyl groups is 1. The molecule has 29 N–H and O–H groups in total. The Hall–Kier alpha value is -7.69. The summed E-state index contributed by atoms with van der Waals surface area (Å²) < 4.78 is 0. The van der Waals surface area contributed by atoms with Gasteiger partial charge in [-0.05, 0) is 160 Å². The lowest BCUT2D eigenvalue weighted by atomic mass is 9.95. The maximum atomic E-state index is 13.8. The first kappa shape index (κ1) is 191. The Labute approximate surface area is 739 Å². The Kier molecular flexibility index (Phi) is 283. The van der Waals surface area contributed by atoms with Crippen LogP contribution >= 0.6 is 0 Å². The summed E-state index contributed by atoms with van der Waals surface area (Å²) in [6.07, 6.45) is 21.1. The van der Waals surface area contributed by atoms with Gasteiger partial charge in [0.1, 0.15) is 92.1 Å². The van der Waals surface area contributed by atoms with Gasteiger partial charge in [-0.2, -0.15) is 0 Å². The van der Waals surface area contributed by atoms with Gasteiger partial charge in [-0.15, -0.1) is 0 Å². The number of aryl methyl sites for hydroxylation is 1. The zero-order valence-corrected chi connectivity index (χ0v) is 84.5. The molecule has 1 heterocycles. The number of nitrogens with two attached hydrogens (primary N) is 4. The summed E-state index contributed by atoms with van der Waals surface area (Å²) in [7, 11) is 9.13. The number of aliphatic hydroxyl groups excluding tert-OH is 1. The van der Waals surface area contributed by atoms with Crippen LogP contribution in [0.25, 0.3) is 0 Å². The number of rotatable bonds is 20. The largest absolute Gasteiger partial charge is 0.394 e. The highest BCUT2D eigenvalue weighted by Crippen LogP contribution is 2.20. The highest BCUT2D eigenvalue weighted by molar-refractivity contribution is 5.95. The maximum Gasteiger partial charge on any atom is 0.245 e. The molecule has 0 radical (unpaired) electrons. The van der Waals surface area contributed by atoms with E-state index < -0.39 is 30.1 Å². The molecule has 1 aliphatic heterocycles. The van der Waals surface area contributed by atoms with E-state index in [2.05, 4.69) is 194 Å². The Morgan fingerprint density at radius 2 is 0.733 bits per heavy atom. The summed E-state index contributed by atoms with van der Waals surface area (Å²) in [5.41, 5.74) is 21.0. The predicted molar refractivity (Wildman–Crippen MR) is 521 cm³/mol. The lowest BCUT2D eigenvalue weighted by Crippen LogP contribution is -2.60. The highest BCUT2D eigenvalue weighted by atomic mass is 16.3. The maximum absolute atomic E-state index is 13.8. The van der Waals surface area contributed by atoms with Crippen LogP contribution in [0.15, 0.2) is 54.1 Å². The van der Waals surface area contributed by atoms with Crippen LogP contribution in [0.2, 0.25) is 0 Å². The van der Waals surface area contributed by atoms with Crippen LogP contribution in [0.4, 0.5) is 0 Å². The van der Waals surface area contributed by atoms with Gasteiger partial charge < -0.3 is 138 Å². The van der Waals surface area contributed by atoms with Gasteiger partial charge in [-0.3, -0.25) is 24.0 Å². The third-order valence-electron chi connectivity index (χ3n) is 14.1. The molecule has 0 saturated carbocycles. The van der Waals surface area contributed by atoms with Gasteiger partial charge in [0.15, 0.2) is 0 Å². The van der Waals surface area contributed by atoms with Gasteiger partial charge in [0, 0.05) is 40.2 Å². The molecule has 0 spiro atoms. The van der Waals surface area contributed by atoms with Crippen molar-refractivity contribution in [3.8, 4) is 0 Å². The Bertz CT molecular complexity index is 1930. The molecule has 120 heavy (non-hydrogen) atoms. The highest BCUT2D eigenvalue weighted by Gasteiger charge is 2.37. The summed E-state index contributed by atoms with van der Waals surface area (Å²) in [6, 6.07) is 7.37. The number of benzene rings is 1. The zero-order chi connectivity index (χ0) is 96.7. The molecule has 734 valence electrons. The standard InChI is InChI=1S/C30H55N5O5.C8H12.C8H10.4C5H12.C4H10.C3H8O.C2H6.4CH5N.10CH2O.6H3N/c1-11-21(6)26(30(40)35-15-13-12-14-16-35)32-28(38)25(18-20(4)5)34(10)29(39)24(17-19(2)3)31-27(37)22(7)33(9)23(8)36;2*1-2-8-6-4-3-5-7-8;4*1-4-5(2)3;1-4(2)3;1-3(2)4;15*1-2;;;;;;/h19-22,24-26H,11-18H2,1-10H3,(H,31,37)(H,32,38);3-4,6H,2,5,7H2,1H3;3-7H,2H2,1H3;4*5H,4H2,1-3H3;4H,1-3H3;3-4H,1-2H3;1-2H3;4*2H2,1H3;10*1H2;6*1H3/t21-,22-,24-,25-,26-;;;;;;;;;;;;;;;;;;;;;;;;;;;;;/m0............................./s1. The summed E-state index contributed by atoms with van der Waals surface area (Å²) in [6.45, 7) is 81.1. The first-order valence-electron chi connectivity index (χ1n) is 39.7. The monoisotopic (exact) mass is 1740 g/mol. The molecule has 1 aliphatic carbocycles. The molecular weight excluding hydrogens is 1540 g/mol. The van der Waals surface area contributed by atoms with Crippen molar-refractivity contribution in [1.82, 2.24) is 62.2 Å². The predicted octanol–water partition coefficient (Wildman–Crippen LogP) is 16.4. The lowest BCUT2D eigenvalue weighted by molar-refractivity contribution is -0.145. The fourth-order valence-corrected chi connectivity index (χ4v) is 6.63. The van der Waals surface area contributed by atoms with Crippen molar-refractivity contribution in [2.45, 2.75) is 321 Å². The second kappa shape index (κ2) is 178. The van der Waals surface area contributed by atoms with Crippen molar-refractivity contribution in [3.63, 3.8) is 0 Å². The molecule has 0 bridgehead atoms. The molecule has 1 fully saturated rings. The third-order valence-corrected chi connectivity index (χ3v) is 14.1. The molecule has 5 amide bonds. The van der Waals surface area contributed by atoms with E-state index in [1.54, 1.807) is 40.4 Å². The summed E-state index contributed by atoms with van der Waals surface area (Å²) in [5, 5.41) is 13.9. The molecule has 2 aliphatic rings. The molecule has 1 saturated heterocycles. The number of hydrogen-bond acceptors (Lipinski definition) is 26. The number of piperidine rings is 1. The first-order valence-corrected chi connectivity index (χ1v) is 39.7. The van der Waals surface area contributed by atoms with Crippen molar-refractivity contribution in [2.24, 2.45) is 70.3 Å². The van der Waals surface area contributed by atoms with Gasteiger partial charge in [0.2, 0.25) is 29.5 Å². The van der Waals surface area contributed by atoms with Gasteiger partial charge in [0.05, 0.1) is 0 Å². The van der Waals surface area contributed by atoms with Crippen LogP contribution in [-0.2, 0) is 78.3 Å². The average Bonchev–Trinajstić information content (AvgIpc) is 0.824. The van der Waals surface area contributed by atoms with Gasteiger partial charge in [-0.1, -0.05) is 259 Å². The van der Waals surface area contributed by atoms with Crippen LogP contribution in [0, 0.1) is 47.3 Å². The summed E-state index contributed by atoms with van der Waals surface area (Å²) in [5.74, 6) is 3.03. The van der Waals surface area contributed by atoms with Gasteiger partial charge in [0.25, 0.3) is 0 Å². The Morgan fingerprint density at radius 3 is 0.942 bits per heavy atom. The normalized spacial score (nSPS) is 10.4. The van der Waals surface area contributed by atoms with Crippen LogP contribution in [0.1, 0.15) is 290 Å². The fraction of sp³-hybridized carbons (Fsp3) is 0.719. The molecule has 0 aromatic heterocycles. The number of amides is 5. The third kappa shape index (κ3) is 177. The van der Waals surface area contributed by atoms with Gasteiger partial charge in [-0.25, -0.2) is 0 Å². The molecular formula is C89H207N15O16. The van der Waals surface area contributed by atoms with E-state index in [1.165, 1.54) is 95.4 Å². The smallest absolute Gasteiger partial charge is 0.245 e. The molecule has 1 aromatic carbocycles. The topological polar surface area (TPSA) is 624 Å².